The molecule has 0 spiro atoms. The summed E-state index contributed by atoms with van der Waals surface area (Å²) in [6, 6.07) is 10.5. The van der Waals surface area contributed by atoms with E-state index in [4.69, 9.17) is 0 Å². The van der Waals surface area contributed by atoms with E-state index in [1.54, 1.807) is 12.5 Å². The van der Waals surface area contributed by atoms with Gasteiger partial charge in [0.2, 0.25) is 5.91 Å². The lowest BCUT2D eigenvalue weighted by Gasteiger charge is -2.40. The molecule has 0 N–H and O–H groups in total. The number of carbonyl (C=O) groups excluding carboxylic acids is 1. The van der Waals surface area contributed by atoms with E-state index in [1.807, 2.05) is 21.7 Å². The largest absolute Gasteiger partial charge is 0.340 e. The van der Waals surface area contributed by atoms with Crippen molar-refractivity contribution in [2.75, 3.05) is 13.1 Å². The lowest BCUT2D eigenvalue weighted by Crippen LogP contribution is -2.48. The summed E-state index contributed by atoms with van der Waals surface area (Å²) in [4.78, 5) is 18.2. The third-order valence-electron chi connectivity index (χ3n) is 4.44. The van der Waals surface area contributed by atoms with E-state index in [-0.39, 0.29) is 11.3 Å². The highest BCUT2D eigenvalue weighted by molar-refractivity contribution is 5.77. The number of rotatable bonds is 4. The topological polar surface area (TPSA) is 38.1 Å². The molecule has 1 saturated heterocycles. The van der Waals surface area contributed by atoms with E-state index in [9.17, 15) is 4.79 Å². The highest BCUT2D eigenvalue weighted by Gasteiger charge is 2.35. The van der Waals surface area contributed by atoms with Crippen LogP contribution in [-0.4, -0.2) is 33.4 Å². The van der Waals surface area contributed by atoms with Crippen LogP contribution in [0.1, 0.15) is 25.3 Å². The van der Waals surface area contributed by atoms with Gasteiger partial charge in [0.05, 0.1) is 6.33 Å². The molecule has 0 saturated carbocycles. The Kier molecular flexibility index (Phi) is 3.78. The zero-order valence-electron chi connectivity index (χ0n) is 12.4. The molecule has 0 unspecified atom stereocenters. The minimum Gasteiger partial charge on any atom is -0.340 e. The number of hydrogen-bond acceptors (Lipinski definition) is 2. The van der Waals surface area contributed by atoms with E-state index in [1.165, 1.54) is 5.56 Å². The fourth-order valence-corrected chi connectivity index (χ4v) is 3.06. The van der Waals surface area contributed by atoms with Crippen molar-refractivity contribution < 1.29 is 4.79 Å². The SMILES string of the molecule is C[C@]1(c2ccccc2)CCC(=O)N(CCn2ccnc2)C1. The summed E-state index contributed by atoms with van der Waals surface area (Å²) < 4.78 is 2.02. The summed E-state index contributed by atoms with van der Waals surface area (Å²) in [7, 11) is 0. The molecule has 1 aliphatic heterocycles. The summed E-state index contributed by atoms with van der Waals surface area (Å²) in [5.74, 6) is 0.267. The number of likely N-dealkylation sites (tertiary alicyclic amines) is 1. The third-order valence-corrected chi connectivity index (χ3v) is 4.44. The fraction of sp³-hybridized carbons (Fsp3) is 0.412. The summed E-state index contributed by atoms with van der Waals surface area (Å²) in [6.07, 6.45) is 7.06. The van der Waals surface area contributed by atoms with Crippen molar-refractivity contribution in [1.29, 1.82) is 0 Å². The molecule has 1 aromatic heterocycles. The number of amides is 1. The molecule has 0 radical (unpaired) electrons. The Morgan fingerprint density at radius 3 is 2.76 bits per heavy atom. The third kappa shape index (κ3) is 2.99. The Labute approximate surface area is 125 Å². The molecule has 1 atom stereocenters. The van der Waals surface area contributed by atoms with Gasteiger partial charge < -0.3 is 9.47 Å². The Hall–Kier alpha value is -2.10. The second-order valence-electron chi connectivity index (χ2n) is 6.04. The van der Waals surface area contributed by atoms with E-state index >= 15 is 0 Å². The summed E-state index contributed by atoms with van der Waals surface area (Å²) in [5.41, 5.74) is 1.38. The first kappa shape index (κ1) is 13.9. The maximum absolute atomic E-state index is 12.2. The molecule has 1 aromatic carbocycles. The minimum atomic E-state index is 0.0596. The number of carbonyl (C=O) groups is 1. The van der Waals surface area contributed by atoms with Gasteiger partial charge in [0, 0.05) is 43.9 Å². The van der Waals surface area contributed by atoms with Crippen molar-refractivity contribution in [3.63, 3.8) is 0 Å². The van der Waals surface area contributed by atoms with Crippen LogP contribution in [-0.2, 0) is 16.8 Å². The van der Waals surface area contributed by atoms with Crippen LogP contribution in [0.2, 0.25) is 0 Å². The molecule has 4 heteroatoms. The smallest absolute Gasteiger partial charge is 0.222 e. The number of piperidine rings is 1. The van der Waals surface area contributed by atoms with E-state index < -0.39 is 0 Å². The van der Waals surface area contributed by atoms with Crippen LogP contribution in [0.4, 0.5) is 0 Å². The molecule has 1 fully saturated rings. The standard InChI is InChI=1S/C17H21N3O/c1-17(15-5-3-2-4-6-15)8-7-16(21)20(13-17)12-11-19-10-9-18-14-19/h2-6,9-10,14H,7-8,11-13H2,1H3/t17-/m0/s1. The Morgan fingerprint density at radius 2 is 2.05 bits per heavy atom. The molecule has 0 aliphatic carbocycles. The van der Waals surface area contributed by atoms with Crippen LogP contribution in [0.5, 0.6) is 0 Å². The Morgan fingerprint density at radius 1 is 1.24 bits per heavy atom. The first-order valence-corrected chi connectivity index (χ1v) is 7.46. The second kappa shape index (κ2) is 5.72. The van der Waals surface area contributed by atoms with Gasteiger partial charge in [-0.1, -0.05) is 37.3 Å². The number of nitrogens with zero attached hydrogens (tertiary/aromatic N) is 3. The van der Waals surface area contributed by atoms with Crippen molar-refractivity contribution in [3.8, 4) is 0 Å². The van der Waals surface area contributed by atoms with Gasteiger partial charge in [-0.05, 0) is 12.0 Å². The first-order chi connectivity index (χ1) is 10.2. The van der Waals surface area contributed by atoms with Crippen molar-refractivity contribution in [2.24, 2.45) is 0 Å². The van der Waals surface area contributed by atoms with Gasteiger partial charge in [-0.2, -0.15) is 0 Å². The molecule has 0 bridgehead atoms. The van der Waals surface area contributed by atoms with Crippen LogP contribution in [0, 0.1) is 0 Å². The van der Waals surface area contributed by atoms with Crippen LogP contribution < -0.4 is 0 Å². The zero-order chi connectivity index (χ0) is 14.7. The van der Waals surface area contributed by atoms with Gasteiger partial charge in [0.15, 0.2) is 0 Å². The monoisotopic (exact) mass is 283 g/mol. The molecule has 1 aliphatic rings. The summed E-state index contributed by atoms with van der Waals surface area (Å²) >= 11 is 0. The van der Waals surface area contributed by atoms with Gasteiger partial charge >= 0.3 is 0 Å². The molecule has 2 heterocycles. The second-order valence-corrected chi connectivity index (χ2v) is 6.04. The predicted octanol–water partition coefficient (Wildman–Crippen LogP) is 2.46. The van der Waals surface area contributed by atoms with Crippen molar-refractivity contribution in [2.45, 2.75) is 31.7 Å². The Bertz CT molecular complexity index is 594. The number of imidazole rings is 1. The highest BCUT2D eigenvalue weighted by atomic mass is 16.2. The van der Waals surface area contributed by atoms with Crippen LogP contribution >= 0.6 is 0 Å². The van der Waals surface area contributed by atoms with Gasteiger partial charge in [-0.25, -0.2) is 4.98 Å². The van der Waals surface area contributed by atoms with E-state index in [2.05, 4.69) is 36.2 Å². The molecule has 2 aromatic rings. The summed E-state index contributed by atoms with van der Waals surface area (Å²) in [5, 5.41) is 0. The highest BCUT2D eigenvalue weighted by Crippen LogP contribution is 2.33. The number of hydrogen-bond donors (Lipinski definition) is 0. The molecule has 1 amide bonds. The molecule has 21 heavy (non-hydrogen) atoms. The van der Waals surface area contributed by atoms with Crippen LogP contribution in [0.3, 0.4) is 0 Å². The number of aromatic nitrogens is 2. The van der Waals surface area contributed by atoms with Gasteiger partial charge in [-0.3, -0.25) is 4.79 Å². The average molecular weight is 283 g/mol. The quantitative estimate of drug-likeness (QED) is 0.864. The normalized spacial score (nSPS) is 22.5. The van der Waals surface area contributed by atoms with Crippen molar-refractivity contribution >= 4 is 5.91 Å². The summed E-state index contributed by atoms with van der Waals surface area (Å²) in [6.45, 7) is 4.61. The lowest BCUT2D eigenvalue weighted by atomic mass is 9.76. The zero-order valence-corrected chi connectivity index (χ0v) is 12.4. The average Bonchev–Trinajstić information content (AvgIpc) is 3.03. The fourth-order valence-electron chi connectivity index (χ4n) is 3.06. The molecule has 110 valence electrons. The predicted molar refractivity (Wildman–Crippen MR) is 81.8 cm³/mol. The molecule has 4 nitrogen and oxygen atoms in total. The van der Waals surface area contributed by atoms with E-state index in [0.717, 1.165) is 26.1 Å². The lowest BCUT2D eigenvalue weighted by molar-refractivity contribution is -0.135. The van der Waals surface area contributed by atoms with Crippen LogP contribution in [0.15, 0.2) is 49.1 Å². The Balaban J connectivity index is 1.71. The van der Waals surface area contributed by atoms with Gasteiger partial charge in [0.25, 0.3) is 0 Å². The van der Waals surface area contributed by atoms with Crippen molar-refractivity contribution in [1.82, 2.24) is 14.5 Å². The van der Waals surface area contributed by atoms with Crippen molar-refractivity contribution in [3.05, 3.63) is 54.6 Å². The minimum absolute atomic E-state index is 0.0596. The van der Waals surface area contributed by atoms with Crippen LogP contribution in [0.25, 0.3) is 0 Å². The first-order valence-electron chi connectivity index (χ1n) is 7.46. The van der Waals surface area contributed by atoms with E-state index in [0.29, 0.717) is 6.42 Å². The van der Waals surface area contributed by atoms with Gasteiger partial charge in [-0.15, -0.1) is 0 Å². The van der Waals surface area contributed by atoms with Gasteiger partial charge in [0.1, 0.15) is 0 Å². The molecular weight excluding hydrogens is 262 g/mol. The maximum atomic E-state index is 12.2. The maximum Gasteiger partial charge on any atom is 0.222 e. The number of benzene rings is 1. The molecule has 3 rings (SSSR count). The molecular formula is C17H21N3O.